The smallest absolute Gasteiger partial charge is 0.229 e. The van der Waals surface area contributed by atoms with Gasteiger partial charge in [-0.2, -0.15) is 0 Å². The van der Waals surface area contributed by atoms with Crippen LogP contribution in [0.1, 0.15) is 24.7 Å². The molecule has 4 heteroatoms. The van der Waals surface area contributed by atoms with Crippen molar-refractivity contribution in [2.75, 3.05) is 0 Å². The van der Waals surface area contributed by atoms with Gasteiger partial charge in [0.25, 0.3) is 0 Å². The fourth-order valence-electron chi connectivity index (χ4n) is 1.73. The van der Waals surface area contributed by atoms with Crippen molar-refractivity contribution in [2.45, 2.75) is 26.7 Å². The SMILES string of the molecule is CCCc1ccc(-n2c(C)nnc2Cl)cc1. The normalized spacial score (nSPS) is 10.7. The second-order valence-corrected chi connectivity index (χ2v) is 4.11. The average Bonchev–Trinajstić information content (AvgIpc) is 2.61. The Hall–Kier alpha value is -1.35. The largest absolute Gasteiger partial charge is 0.270 e. The van der Waals surface area contributed by atoms with Crippen LogP contribution < -0.4 is 0 Å². The summed E-state index contributed by atoms with van der Waals surface area (Å²) in [5, 5.41) is 8.17. The van der Waals surface area contributed by atoms with Gasteiger partial charge in [-0.25, -0.2) is 0 Å². The third-order valence-corrected chi connectivity index (χ3v) is 2.76. The van der Waals surface area contributed by atoms with Gasteiger partial charge in [-0.1, -0.05) is 25.5 Å². The summed E-state index contributed by atoms with van der Waals surface area (Å²) >= 11 is 5.97. The van der Waals surface area contributed by atoms with E-state index in [2.05, 4.69) is 29.3 Å². The Labute approximate surface area is 100 Å². The Morgan fingerprint density at radius 2 is 1.88 bits per heavy atom. The van der Waals surface area contributed by atoms with Gasteiger partial charge in [0.2, 0.25) is 5.28 Å². The van der Waals surface area contributed by atoms with Crippen molar-refractivity contribution >= 4 is 11.6 Å². The van der Waals surface area contributed by atoms with Crippen molar-refractivity contribution in [3.63, 3.8) is 0 Å². The third kappa shape index (κ3) is 2.09. The van der Waals surface area contributed by atoms with Crippen LogP contribution >= 0.6 is 11.6 Å². The molecular weight excluding hydrogens is 222 g/mol. The predicted octanol–water partition coefficient (Wildman–Crippen LogP) is 3.18. The van der Waals surface area contributed by atoms with Crippen LogP contribution in [0, 0.1) is 6.92 Å². The molecular formula is C12H14ClN3. The van der Waals surface area contributed by atoms with Gasteiger partial charge >= 0.3 is 0 Å². The molecule has 0 unspecified atom stereocenters. The maximum absolute atomic E-state index is 5.97. The van der Waals surface area contributed by atoms with Crippen LogP contribution in [-0.4, -0.2) is 14.8 Å². The number of nitrogens with zero attached hydrogens (tertiary/aromatic N) is 3. The molecule has 0 saturated heterocycles. The van der Waals surface area contributed by atoms with E-state index in [9.17, 15) is 0 Å². The van der Waals surface area contributed by atoms with Crippen molar-refractivity contribution in [1.29, 1.82) is 0 Å². The van der Waals surface area contributed by atoms with Crippen molar-refractivity contribution in [3.8, 4) is 5.69 Å². The Morgan fingerprint density at radius 3 is 2.38 bits per heavy atom. The summed E-state index contributed by atoms with van der Waals surface area (Å²) in [6.07, 6.45) is 2.26. The number of halogens is 1. The van der Waals surface area contributed by atoms with Gasteiger partial charge in [0.05, 0.1) is 0 Å². The van der Waals surface area contributed by atoms with E-state index in [0.717, 1.165) is 24.4 Å². The lowest BCUT2D eigenvalue weighted by Gasteiger charge is -2.06. The standard InChI is InChI=1S/C12H14ClN3/c1-3-4-10-5-7-11(8-6-10)16-9(2)14-15-12(16)13/h5-8H,3-4H2,1-2H3. The van der Waals surface area contributed by atoms with Crippen molar-refractivity contribution in [3.05, 3.63) is 40.9 Å². The number of aryl methyl sites for hydroxylation is 2. The molecule has 0 amide bonds. The number of benzene rings is 1. The second kappa shape index (κ2) is 4.66. The molecule has 2 aromatic rings. The van der Waals surface area contributed by atoms with Crippen LogP contribution in [0.15, 0.2) is 24.3 Å². The van der Waals surface area contributed by atoms with Crippen LogP contribution in [0.2, 0.25) is 5.28 Å². The molecule has 0 aliphatic carbocycles. The maximum Gasteiger partial charge on any atom is 0.229 e. The van der Waals surface area contributed by atoms with Gasteiger partial charge in [0.15, 0.2) is 0 Å². The summed E-state index contributed by atoms with van der Waals surface area (Å²) in [6, 6.07) is 8.34. The minimum Gasteiger partial charge on any atom is -0.270 e. The molecule has 0 saturated carbocycles. The lowest BCUT2D eigenvalue weighted by Crippen LogP contribution is -1.97. The molecule has 16 heavy (non-hydrogen) atoms. The number of aromatic nitrogens is 3. The van der Waals surface area contributed by atoms with E-state index < -0.39 is 0 Å². The molecule has 1 aromatic heterocycles. The van der Waals surface area contributed by atoms with Crippen molar-refractivity contribution < 1.29 is 0 Å². The van der Waals surface area contributed by atoms with Crippen LogP contribution in [0.3, 0.4) is 0 Å². The fourth-order valence-corrected chi connectivity index (χ4v) is 1.99. The molecule has 0 spiro atoms. The Kier molecular flexibility index (Phi) is 3.25. The van der Waals surface area contributed by atoms with Gasteiger partial charge in [0, 0.05) is 5.69 Å². The van der Waals surface area contributed by atoms with E-state index in [1.165, 1.54) is 5.56 Å². The highest BCUT2D eigenvalue weighted by atomic mass is 35.5. The summed E-state index contributed by atoms with van der Waals surface area (Å²) in [5.74, 6) is 0.799. The van der Waals surface area contributed by atoms with Crippen molar-refractivity contribution in [2.24, 2.45) is 0 Å². The zero-order chi connectivity index (χ0) is 11.5. The molecule has 0 aliphatic rings. The molecule has 0 radical (unpaired) electrons. The van der Waals surface area contributed by atoms with Gasteiger partial charge in [0.1, 0.15) is 5.82 Å². The molecule has 1 heterocycles. The number of rotatable bonds is 3. The molecule has 0 bridgehead atoms. The molecule has 0 N–H and O–H groups in total. The highest BCUT2D eigenvalue weighted by Crippen LogP contribution is 2.17. The number of hydrogen-bond acceptors (Lipinski definition) is 2. The van der Waals surface area contributed by atoms with E-state index in [1.54, 1.807) is 0 Å². The molecule has 3 nitrogen and oxygen atoms in total. The van der Waals surface area contributed by atoms with Gasteiger partial charge < -0.3 is 0 Å². The Balaban J connectivity index is 2.35. The summed E-state index contributed by atoms with van der Waals surface area (Å²) in [4.78, 5) is 0. The molecule has 0 atom stereocenters. The number of hydrogen-bond donors (Lipinski definition) is 0. The van der Waals surface area contributed by atoms with E-state index in [1.807, 2.05) is 23.6 Å². The van der Waals surface area contributed by atoms with Gasteiger partial charge in [-0.05, 0) is 42.6 Å². The lowest BCUT2D eigenvalue weighted by atomic mass is 10.1. The summed E-state index contributed by atoms with van der Waals surface area (Å²) in [6.45, 7) is 4.06. The van der Waals surface area contributed by atoms with Crippen LogP contribution in [0.25, 0.3) is 5.69 Å². The van der Waals surface area contributed by atoms with Crippen LogP contribution in [0.4, 0.5) is 0 Å². The maximum atomic E-state index is 5.97. The van der Waals surface area contributed by atoms with E-state index >= 15 is 0 Å². The van der Waals surface area contributed by atoms with Crippen LogP contribution in [-0.2, 0) is 6.42 Å². The lowest BCUT2D eigenvalue weighted by molar-refractivity contribution is 0.917. The third-order valence-electron chi connectivity index (χ3n) is 2.52. The first kappa shape index (κ1) is 11.1. The first-order valence-corrected chi connectivity index (χ1v) is 5.77. The fraction of sp³-hybridized carbons (Fsp3) is 0.333. The van der Waals surface area contributed by atoms with Crippen LogP contribution in [0.5, 0.6) is 0 Å². The first-order chi connectivity index (χ1) is 7.72. The van der Waals surface area contributed by atoms with E-state index in [4.69, 9.17) is 11.6 Å². The summed E-state index contributed by atoms with van der Waals surface area (Å²) in [5.41, 5.74) is 2.35. The monoisotopic (exact) mass is 235 g/mol. The molecule has 0 fully saturated rings. The first-order valence-electron chi connectivity index (χ1n) is 5.39. The second-order valence-electron chi connectivity index (χ2n) is 3.77. The van der Waals surface area contributed by atoms with Crippen molar-refractivity contribution in [1.82, 2.24) is 14.8 Å². The molecule has 2 rings (SSSR count). The minimum absolute atomic E-state index is 0.403. The van der Waals surface area contributed by atoms with E-state index in [0.29, 0.717) is 5.28 Å². The Bertz CT molecular complexity index is 454. The average molecular weight is 236 g/mol. The van der Waals surface area contributed by atoms with Gasteiger partial charge in [-0.15, -0.1) is 10.2 Å². The summed E-state index contributed by atoms with van der Waals surface area (Å²) in [7, 11) is 0. The predicted molar refractivity (Wildman–Crippen MR) is 65.1 cm³/mol. The minimum atomic E-state index is 0.403. The molecule has 0 aliphatic heterocycles. The highest BCUT2D eigenvalue weighted by Gasteiger charge is 2.07. The quantitative estimate of drug-likeness (QED) is 0.818. The zero-order valence-corrected chi connectivity index (χ0v) is 10.2. The Morgan fingerprint density at radius 1 is 1.19 bits per heavy atom. The molecule has 84 valence electrons. The molecule has 1 aromatic carbocycles. The van der Waals surface area contributed by atoms with E-state index in [-0.39, 0.29) is 0 Å². The summed E-state index contributed by atoms with van der Waals surface area (Å²) < 4.78 is 1.83. The highest BCUT2D eigenvalue weighted by molar-refractivity contribution is 6.28. The zero-order valence-electron chi connectivity index (χ0n) is 9.44. The van der Waals surface area contributed by atoms with Gasteiger partial charge in [-0.3, -0.25) is 4.57 Å². The topological polar surface area (TPSA) is 30.7 Å².